The number of carbonyl (C=O) groups excluding carboxylic acids is 2. The lowest BCUT2D eigenvalue weighted by Gasteiger charge is -2.22. The minimum atomic E-state index is -0.676. The van der Waals surface area contributed by atoms with Crippen molar-refractivity contribution in [1.82, 2.24) is 5.32 Å². The molecular weight excluding hydrogens is 887 g/mol. The Morgan fingerprint density at radius 3 is 1.08 bits per heavy atom. The third-order valence-corrected chi connectivity index (χ3v) is 15.3. The Morgan fingerprint density at radius 1 is 0.389 bits per heavy atom. The SMILES string of the molecule is CCCCC/C=C\C/C=C\CCCCCCCCCCCC(=O)OCCCCCCCCCCCCCCC(=O)NC(CO)C(O)CCCCCCCCCCCCCCCCCCCCCCCCCC. The Hall–Kier alpha value is -1.66. The van der Waals surface area contributed by atoms with Gasteiger partial charge in [0.2, 0.25) is 5.91 Å². The Morgan fingerprint density at radius 2 is 0.694 bits per heavy atom. The fraction of sp³-hybridized carbons (Fsp3) is 0.909. The van der Waals surface area contributed by atoms with Crippen molar-refractivity contribution in [2.24, 2.45) is 0 Å². The van der Waals surface area contributed by atoms with Gasteiger partial charge in [0, 0.05) is 12.8 Å². The highest BCUT2D eigenvalue weighted by atomic mass is 16.5. The summed E-state index contributed by atoms with van der Waals surface area (Å²) in [4.78, 5) is 24.6. The third kappa shape index (κ3) is 57.6. The van der Waals surface area contributed by atoms with Gasteiger partial charge in [-0.05, 0) is 57.8 Å². The Bertz CT molecular complexity index is 1120. The van der Waals surface area contributed by atoms with Gasteiger partial charge in [0.15, 0.2) is 0 Å². The van der Waals surface area contributed by atoms with E-state index in [0.29, 0.717) is 25.9 Å². The van der Waals surface area contributed by atoms with E-state index in [1.54, 1.807) is 0 Å². The van der Waals surface area contributed by atoms with Crippen LogP contribution in [0.25, 0.3) is 0 Å². The molecular formula is C66H127NO5. The second-order valence-corrected chi connectivity index (χ2v) is 22.5. The average molecular weight is 1010 g/mol. The summed E-state index contributed by atoms with van der Waals surface area (Å²) in [5.41, 5.74) is 0. The van der Waals surface area contributed by atoms with Crippen LogP contribution in [0, 0.1) is 0 Å². The number of unbranched alkanes of at least 4 members (excludes halogenated alkanes) is 46. The molecule has 0 spiro atoms. The summed E-state index contributed by atoms with van der Waals surface area (Å²) in [6.45, 7) is 4.92. The zero-order valence-electron chi connectivity index (χ0n) is 48.7. The number of hydrogen-bond acceptors (Lipinski definition) is 5. The second-order valence-electron chi connectivity index (χ2n) is 22.5. The predicted molar refractivity (Wildman–Crippen MR) is 315 cm³/mol. The Labute approximate surface area is 450 Å². The first-order valence-corrected chi connectivity index (χ1v) is 32.6. The van der Waals surface area contributed by atoms with Gasteiger partial charge in [-0.25, -0.2) is 0 Å². The van der Waals surface area contributed by atoms with Gasteiger partial charge >= 0.3 is 5.97 Å². The summed E-state index contributed by atoms with van der Waals surface area (Å²) in [7, 11) is 0. The van der Waals surface area contributed by atoms with Gasteiger partial charge < -0.3 is 20.3 Å². The standard InChI is InChI=1S/C66H127NO5/c1-3-5-7-9-11-13-15-17-19-21-23-24-25-26-27-29-30-32-34-38-42-46-50-54-58-64(69)63(62-68)67-65(70)59-55-51-47-43-39-36-37-41-45-49-53-57-61-72-66(71)60-56-52-48-44-40-35-33-31-28-22-20-18-16-14-12-10-8-6-4-2/h12,14,18,20,63-64,68-69H,3-11,13,15-17,19,21-62H2,1-2H3,(H,67,70)/b14-12-,20-18-. The van der Waals surface area contributed by atoms with Crippen molar-refractivity contribution in [3.8, 4) is 0 Å². The molecule has 0 bridgehead atoms. The fourth-order valence-corrected chi connectivity index (χ4v) is 10.3. The van der Waals surface area contributed by atoms with Gasteiger partial charge in [-0.15, -0.1) is 0 Å². The van der Waals surface area contributed by atoms with E-state index in [-0.39, 0.29) is 18.5 Å². The maximum absolute atomic E-state index is 12.5. The summed E-state index contributed by atoms with van der Waals surface area (Å²) in [6, 6.07) is -0.555. The van der Waals surface area contributed by atoms with E-state index in [4.69, 9.17) is 4.74 Å². The lowest BCUT2D eigenvalue weighted by molar-refractivity contribution is -0.143. The van der Waals surface area contributed by atoms with Crippen LogP contribution >= 0.6 is 0 Å². The molecule has 2 atom stereocenters. The number of rotatable bonds is 61. The monoisotopic (exact) mass is 1010 g/mol. The number of esters is 1. The van der Waals surface area contributed by atoms with Crippen molar-refractivity contribution < 1.29 is 24.5 Å². The van der Waals surface area contributed by atoms with Crippen molar-refractivity contribution in [3.63, 3.8) is 0 Å². The predicted octanol–water partition coefficient (Wildman–Crippen LogP) is 20.6. The van der Waals surface area contributed by atoms with Crippen molar-refractivity contribution >= 4 is 11.9 Å². The van der Waals surface area contributed by atoms with Crippen LogP contribution in [0.3, 0.4) is 0 Å². The lowest BCUT2D eigenvalue weighted by atomic mass is 10.0. The van der Waals surface area contributed by atoms with Crippen molar-refractivity contribution in [3.05, 3.63) is 24.3 Å². The van der Waals surface area contributed by atoms with Gasteiger partial charge in [0.1, 0.15) is 0 Å². The molecule has 0 saturated heterocycles. The first kappa shape index (κ1) is 70.3. The molecule has 0 fully saturated rings. The molecule has 0 saturated carbocycles. The van der Waals surface area contributed by atoms with Gasteiger partial charge in [0.25, 0.3) is 0 Å². The van der Waals surface area contributed by atoms with Crippen LogP contribution in [0.15, 0.2) is 24.3 Å². The minimum Gasteiger partial charge on any atom is -0.466 e. The third-order valence-electron chi connectivity index (χ3n) is 15.3. The molecule has 0 heterocycles. The maximum atomic E-state index is 12.5. The van der Waals surface area contributed by atoms with Gasteiger partial charge in [0.05, 0.1) is 25.4 Å². The zero-order valence-corrected chi connectivity index (χ0v) is 48.7. The highest BCUT2D eigenvalue weighted by Crippen LogP contribution is 2.18. The number of hydrogen-bond donors (Lipinski definition) is 3. The smallest absolute Gasteiger partial charge is 0.305 e. The van der Waals surface area contributed by atoms with E-state index in [1.807, 2.05) is 0 Å². The van der Waals surface area contributed by atoms with Crippen LogP contribution in [0.1, 0.15) is 361 Å². The first-order chi connectivity index (χ1) is 35.5. The Kier molecular flexibility index (Phi) is 60.5. The van der Waals surface area contributed by atoms with E-state index < -0.39 is 12.1 Å². The number of ether oxygens (including phenoxy) is 1. The van der Waals surface area contributed by atoms with Crippen molar-refractivity contribution in [1.29, 1.82) is 0 Å². The number of amides is 1. The van der Waals surface area contributed by atoms with Crippen LogP contribution < -0.4 is 5.32 Å². The molecule has 6 heteroatoms. The number of nitrogens with one attached hydrogen (secondary N) is 1. The second kappa shape index (κ2) is 61.9. The van der Waals surface area contributed by atoms with Crippen LogP contribution in [0.2, 0.25) is 0 Å². The largest absolute Gasteiger partial charge is 0.466 e. The van der Waals surface area contributed by atoms with E-state index in [0.717, 1.165) is 64.2 Å². The van der Waals surface area contributed by atoms with Crippen LogP contribution in [0.5, 0.6) is 0 Å². The molecule has 426 valence electrons. The number of aliphatic hydroxyl groups excluding tert-OH is 2. The minimum absolute atomic E-state index is 0.0116. The maximum Gasteiger partial charge on any atom is 0.305 e. The summed E-state index contributed by atoms with van der Waals surface area (Å²) < 4.78 is 5.49. The highest BCUT2D eigenvalue weighted by molar-refractivity contribution is 5.76. The van der Waals surface area contributed by atoms with Crippen LogP contribution in [0.4, 0.5) is 0 Å². The molecule has 0 rings (SSSR count). The molecule has 1 amide bonds. The summed E-state index contributed by atoms with van der Waals surface area (Å²) in [5.74, 6) is -0.0583. The molecule has 0 aromatic rings. The van der Waals surface area contributed by atoms with Crippen LogP contribution in [-0.2, 0) is 14.3 Å². The topological polar surface area (TPSA) is 95.9 Å². The summed E-state index contributed by atoms with van der Waals surface area (Å²) in [5, 5.41) is 23.4. The van der Waals surface area contributed by atoms with Gasteiger partial charge in [-0.1, -0.05) is 314 Å². The summed E-state index contributed by atoms with van der Waals surface area (Å²) in [6.07, 6.45) is 76.2. The Balaban J connectivity index is 3.43. The normalized spacial score (nSPS) is 12.7. The first-order valence-electron chi connectivity index (χ1n) is 32.6. The van der Waals surface area contributed by atoms with E-state index >= 15 is 0 Å². The molecule has 3 N–H and O–H groups in total. The molecule has 0 radical (unpaired) electrons. The van der Waals surface area contributed by atoms with E-state index in [2.05, 4.69) is 43.5 Å². The molecule has 0 aliphatic heterocycles. The molecule has 0 aromatic heterocycles. The van der Waals surface area contributed by atoms with Crippen molar-refractivity contribution in [2.75, 3.05) is 13.2 Å². The average Bonchev–Trinajstić information content (AvgIpc) is 3.38. The summed E-state index contributed by atoms with van der Waals surface area (Å²) >= 11 is 0. The quantitative estimate of drug-likeness (QED) is 0.0320. The van der Waals surface area contributed by atoms with Gasteiger partial charge in [-0.2, -0.15) is 0 Å². The molecule has 0 aromatic carbocycles. The van der Waals surface area contributed by atoms with Crippen molar-refractivity contribution in [2.45, 2.75) is 373 Å². The van der Waals surface area contributed by atoms with E-state index in [1.165, 1.54) is 263 Å². The number of carbonyl (C=O) groups is 2. The van der Waals surface area contributed by atoms with Crippen LogP contribution in [-0.4, -0.2) is 47.4 Å². The number of aliphatic hydroxyl groups is 2. The van der Waals surface area contributed by atoms with Gasteiger partial charge in [-0.3, -0.25) is 9.59 Å². The molecule has 0 aliphatic rings. The number of allylic oxidation sites excluding steroid dienone is 4. The molecule has 2 unspecified atom stereocenters. The fourth-order valence-electron chi connectivity index (χ4n) is 10.3. The molecule has 72 heavy (non-hydrogen) atoms. The zero-order chi connectivity index (χ0) is 52.2. The molecule has 6 nitrogen and oxygen atoms in total. The van der Waals surface area contributed by atoms with E-state index in [9.17, 15) is 19.8 Å². The highest BCUT2D eigenvalue weighted by Gasteiger charge is 2.20. The molecule has 0 aliphatic carbocycles. The lowest BCUT2D eigenvalue weighted by Crippen LogP contribution is -2.45.